The molecule has 2 heterocycles. The normalized spacial score (nSPS) is 13.0. The molecule has 1 aliphatic heterocycles. The molecule has 0 N–H and O–H groups in total. The van der Waals surface area contributed by atoms with Crippen LogP contribution in [-0.2, 0) is 13.1 Å². The Morgan fingerprint density at radius 3 is 2.38 bits per heavy atom. The molecule has 29 heavy (non-hydrogen) atoms. The SMILES string of the molecule is Cc1ccc(CN(C)C(=O)c2ccc3c(c2)C(=O)N(Cc2ccccc2)C3=O)o1. The molecule has 3 aromatic rings. The molecule has 0 aliphatic carbocycles. The fourth-order valence-electron chi connectivity index (χ4n) is 3.43. The summed E-state index contributed by atoms with van der Waals surface area (Å²) in [6.45, 7) is 2.36. The Bertz CT molecular complexity index is 1100. The monoisotopic (exact) mass is 388 g/mol. The molecule has 0 bridgehead atoms. The van der Waals surface area contributed by atoms with Crippen LogP contribution in [0.3, 0.4) is 0 Å². The van der Waals surface area contributed by atoms with Gasteiger partial charge in [0.05, 0.1) is 24.2 Å². The molecule has 0 atom stereocenters. The summed E-state index contributed by atoms with van der Waals surface area (Å²) >= 11 is 0. The van der Waals surface area contributed by atoms with Crippen molar-refractivity contribution >= 4 is 17.7 Å². The minimum absolute atomic E-state index is 0.203. The molecule has 1 aliphatic rings. The van der Waals surface area contributed by atoms with Crippen LogP contribution in [0.1, 0.15) is 48.2 Å². The number of benzene rings is 2. The van der Waals surface area contributed by atoms with Gasteiger partial charge in [-0.05, 0) is 42.8 Å². The highest BCUT2D eigenvalue weighted by Gasteiger charge is 2.36. The number of nitrogens with zero attached hydrogens (tertiary/aromatic N) is 2. The van der Waals surface area contributed by atoms with E-state index >= 15 is 0 Å². The fourth-order valence-corrected chi connectivity index (χ4v) is 3.43. The van der Waals surface area contributed by atoms with Crippen LogP contribution in [0.25, 0.3) is 0 Å². The minimum Gasteiger partial charge on any atom is -0.464 e. The number of fused-ring (bicyclic) bond motifs is 1. The molecular weight excluding hydrogens is 368 g/mol. The lowest BCUT2D eigenvalue weighted by atomic mass is 10.0. The molecule has 0 unspecified atom stereocenters. The van der Waals surface area contributed by atoms with Gasteiger partial charge < -0.3 is 9.32 Å². The number of aryl methyl sites for hydroxylation is 1. The zero-order valence-electron chi connectivity index (χ0n) is 16.2. The predicted molar refractivity (Wildman–Crippen MR) is 106 cm³/mol. The molecule has 0 radical (unpaired) electrons. The molecule has 2 aromatic carbocycles. The minimum atomic E-state index is -0.382. The quantitative estimate of drug-likeness (QED) is 0.626. The van der Waals surface area contributed by atoms with Crippen molar-refractivity contribution in [3.8, 4) is 0 Å². The Morgan fingerprint density at radius 2 is 1.69 bits per heavy atom. The molecule has 0 spiro atoms. The number of imide groups is 1. The Kier molecular flexibility index (Phi) is 4.76. The van der Waals surface area contributed by atoms with Gasteiger partial charge in [-0.1, -0.05) is 30.3 Å². The standard InChI is InChI=1S/C23H20N2O4/c1-15-8-10-18(29-15)14-24(2)21(26)17-9-11-19-20(12-17)23(28)25(22(19)27)13-16-6-4-3-5-7-16/h3-12H,13-14H2,1-2H3. The van der Waals surface area contributed by atoms with Gasteiger partial charge in [-0.2, -0.15) is 0 Å². The first kappa shape index (κ1) is 18.7. The maximum absolute atomic E-state index is 12.8. The lowest BCUT2D eigenvalue weighted by molar-refractivity contribution is 0.0642. The second-order valence-corrected chi connectivity index (χ2v) is 7.12. The summed E-state index contributed by atoms with van der Waals surface area (Å²) in [7, 11) is 1.67. The zero-order chi connectivity index (χ0) is 20.5. The molecule has 1 aromatic heterocycles. The van der Waals surface area contributed by atoms with Crippen molar-refractivity contribution in [1.82, 2.24) is 9.80 Å². The van der Waals surface area contributed by atoms with Crippen molar-refractivity contribution in [1.29, 1.82) is 0 Å². The second kappa shape index (κ2) is 7.39. The van der Waals surface area contributed by atoms with Crippen molar-refractivity contribution in [2.24, 2.45) is 0 Å². The summed E-state index contributed by atoms with van der Waals surface area (Å²) in [5.74, 6) is 0.490. The molecular formula is C23H20N2O4. The summed E-state index contributed by atoms with van der Waals surface area (Å²) in [6.07, 6.45) is 0. The average molecular weight is 388 g/mol. The first-order chi connectivity index (χ1) is 13.9. The highest BCUT2D eigenvalue weighted by molar-refractivity contribution is 6.22. The third-order valence-corrected chi connectivity index (χ3v) is 4.94. The summed E-state index contributed by atoms with van der Waals surface area (Å²) in [4.78, 5) is 41.0. The van der Waals surface area contributed by atoms with Gasteiger partial charge in [-0.25, -0.2) is 0 Å². The molecule has 146 valence electrons. The van der Waals surface area contributed by atoms with E-state index in [0.29, 0.717) is 23.4 Å². The van der Waals surface area contributed by atoms with Crippen LogP contribution in [0.2, 0.25) is 0 Å². The van der Waals surface area contributed by atoms with Crippen LogP contribution in [-0.4, -0.2) is 34.6 Å². The number of hydrogen-bond acceptors (Lipinski definition) is 4. The second-order valence-electron chi connectivity index (χ2n) is 7.12. The molecule has 0 saturated carbocycles. The van der Waals surface area contributed by atoms with E-state index in [0.717, 1.165) is 11.3 Å². The van der Waals surface area contributed by atoms with Crippen LogP contribution in [0.5, 0.6) is 0 Å². The third kappa shape index (κ3) is 3.57. The molecule has 0 fully saturated rings. The lowest BCUT2D eigenvalue weighted by Gasteiger charge is -2.16. The zero-order valence-corrected chi connectivity index (χ0v) is 16.2. The summed E-state index contributed by atoms with van der Waals surface area (Å²) in [6, 6.07) is 17.6. The number of amides is 3. The molecule has 0 saturated heterocycles. The van der Waals surface area contributed by atoms with Crippen molar-refractivity contribution in [3.63, 3.8) is 0 Å². The maximum atomic E-state index is 12.8. The number of hydrogen-bond donors (Lipinski definition) is 0. The van der Waals surface area contributed by atoms with E-state index in [2.05, 4.69) is 0 Å². The fraction of sp³-hybridized carbons (Fsp3) is 0.174. The first-order valence-electron chi connectivity index (χ1n) is 9.29. The van der Waals surface area contributed by atoms with Crippen molar-refractivity contribution in [3.05, 3.63) is 94.4 Å². The van der Waals surface area contributed by atoms with E-state index in [1.807, 2.05) is 49.4 Å². The van der Waals surface area contributed by atoms with Gasteiger partial charge in [0.2, 0.25) is 0 Å². The van der Waals surface area contributed by atoms with E-state index in [4.69, 9.17) is 4.42 Å². The van der Waals surface area contributed by atoms with Gasteiger partial charge in [0.25, 0.3) is 17.7 Å². The van der Waals surface area contributed by atoms with Crippen LogP contribution in [0.15, 0.2) is 65.1 Å². The lowest BCUT2D eigenvalue weighted by Crippen LogP contribution is -2.29. The molecule has 6 heteroatoms. The van der Waals surface area contributed by atoms with Gasteiger partial charge in [-0.3, -0.25) is 19.3 Å². The van der Waals surface area contributed by atoms with Crippen molar-refractivity contribution < 1.29 is 18.8 Å². The summed E-state index contributed by atoms with van der Waals surface area (Å²) in [5, 5.41) is 0. The highest BCUT2D eigenvalue weighted by atomic mass is 16.3. The van der Waals surface area contributed by atoms with Gasteiger partial charge >= 0.3 is 0 Å². The van der Waals surface area contributed by atoms with Gasteiger partial charge in [0, 0.05) is 12.6 Å². The molecule has 3 amide bonds. The third-order valence-electron chi connectivity index (χ3n) is 4.94. The Morgan fingerprint density at radius 1 is 0.966 bits per heavy atom. The number of carbonyl (C=O) groups is 3. The number of carbonyl (C=O) groups excluding carboxylic acids is 3. The van der Waals surface area contributed by atoms with Crippen molar-refractivity contribution in [2.75, 3.05) is 7.05 Å². The Hall–Kier alpha value is -3.67. The maximum Gasteiger partial charge on any atom is 0.261 e. The van der Waals surface area contributed by atoms with Crippen LogP contribution >= 0.6 is 0 Å². The van der Waals surface area contributed by atoms with Crippen molar-refractivity contribution in [2.45, 2.75) is 20.0 Å². The van der Waals surface area contributed by atoms with E-state index < -0.39 is 0 Å². The first-order valence-corrected chi connectivity index (χ1v) is 9.29. The highest BCUT2D eigenvalue weighted by Crippen LogP contribution is 2.26. The molecule has 6 nitrogen and oxygen atoms in total. The van der Waals surface area contributed by atoms with E-state index in [1.165, 1.54) is 15.9 Å². The topological polar surface area (TPSA) is 70.8 Å². The predicted octanol–water partition coefficient (Wildman–Crippen LogP) is 3.66. The Balaban J connectivity index is 1.54. The van der Waals surface area contributed by atoms with Crippen LogP contribution < -0.4 is 0 Å². The van der Waals surface area contributed by atoms with E-state index in [1.54, 1.807) is 19.2 Å². The van der Waals surface area contributed by atoms with Gasteiger partial charge in [0.15, 0.2) is 0 Å². The summed E-state index contributed by atoms with van der Waals surface area (Å²) in [5.41, 5.74) is 1.81. The summed E-state index contributed by atoms with van der Waals surface area (Å²) < 4.78 is 5.52. The van der Waals surface area contributed by atoms with E-state index in [-0.39, 0.29) is 29.8 Å². The largest absolute Gasteiger partial charge is 0.464 e. The van der Waals surface area contributed by atoms with Crippen LogP contribution in [0.4, 0.5) is 0 Å². The Labute approximate surface area is 168 Å². The average Bonchev–Trinajstić information content (AvgIpc) is 3.24. The number of furan rings is 1. The molecule has 4 rings (SSSR count). The van der Waals surface area contributed by atoms with Crippen LogP contribution in [0, 0.1) is 6.92 Å². The smallest absolute Gasteiger partial charge is 0.261 e. The van der Waals surface area contributed by atoms with Gasteiger partial charge in [0.1, 0.15) is 11.5 Å². The number of rotatable bonds is 5. The van der Waals surface area contributed by atoms with E-state index in [9.17, 15) is 14.4 Å². The van der Waals surface area contributed by atoms with Gasteiger partial charge in [-0.15, -0.1) is 0 Å².